The summed E-state index contributed by atoms with van der Waals surface area (Å²) in [6, 6.07) is 11.0. The molecule has 0 spiro atoms. The lowest BCUT2D eigenvalue weighted by Gasteiger charge is -2.44. The molecule has 7 heteroatoms. The number of halogens is 1. The Hall–Kier alpha value is -3.19. The van der Waals surface area contributed by atoms with Gasteiger partial charge in [-0.1, -0.05) is 12.1 Å². The number of hydrogen-bond donors (Lipinski definition) is 1. The third-order valence-corrected chi connectivity index (χ3v) is 6.27. The van der Waals surface area contributed by atoms with E-state index in [-0.39, 0.29) is 11.7 Å². The molecular weight excluding hydrogens is 405 g/mol. The van der Waals surface area contributed by atoms with Gasteiger partial charge >= 0.3 is 0 Å². The molecule has 1 N–H and O–H groups in total. The molecule has 4 rings (SSSR count). The Morgan fingerprint density at radius 3 is 2.59 bits per heavy atom. The Morgan fingerprint density at radius 1 is 1.19 bits per heavy atom. The van der Waals surface area contributed by atoms with Gasteiger partial charge in [-0.2, -0.15) is 5.10 Å². The normalized spacial score (nSPS) is 15.0. The van der Waals surface area contributed by atoms with Gasteiger partial charge < -0.3 is 15.1 Å². The Balaban J connectivity index is 1.51. The van der Waals surface area contributed by atoms with Crippen LogP contribution in [0.1, 0.15) is 34.5 Å². The van der Waals surface area contributed by atoms with E-state index in [0.717, 1.165) is 35.5 Å². The molecule has 3 aromatic rings. The van der Waals surface area contributed by atoms with Gasteiger partial charge in [-0.3, -0.25) is 9.48 Å². The van der Waals surface area contributed by atoms with Crippen molar-refractivity contribution >= 4 is 11.6 Å². The fourth-order valence-corrected chi connectivity index (χ4v) is 4.02. The van der Waals surface area contributed by atoms with Crippen LogP contribution in [0.25, 0.3) is 11.1 Å². The number of hydrogen-bond acceptors (Lipinski definition) is 4. The van der Waals surface area contributed by atoms with Crippen molar-refractivity contribution in [1.82, 2.24) is 20.0 Å². The Labute approximate surface area is 188 Å². The zero-order valence-corrected chi connectivity index (χ0v) is 19.3. The molecule has 2 heterocycles. The van der Waals surface area contributed by atoms with Crippen LogP contribution in [0.5, 0.6) is 0 Å². The van der Waals surface area contributed by atoms with Crippen LogP contribution in [0.3, 0.4) is 0 Å². The summed E-state index contributed by atoms with van der Waals surface area (Å²) in [7, 11) is 6.01. The number of aromatic nitrogens is 2. The summed E-state index contributed by atoms with van der Waals surface area (Å²) in [6.07, 6.45) is 3.62. The van der Waals surface area contributed by atoms with E-state index in [1.54, 1.807) is 29.9 Å². The first kappa shape index (κ1) is 22.0. The van der Waals surface area contributed by atoms with Gasteiger partial charge in [0, 0.05) is 54.8 Å². The largest absolute Gasteiger partial charge is 0.368 e. The molecule has 0 aliphatic carbocycles. The summed E-state index contributed by atoms with van der Waals surface area (Å²) in [5, 5.41) is 7.16. The molecule has 32 heavy (non-hydrogen) atoms. The van der Waals surface area contributed by atoms with Gasteiger partial charge in [0.1, 0.15) is 5.82 Å². The second-order valence-corrected chi connectivity index (χ2v) is 8.86. The summed E-state index contributed by atoms with van der Waals surface area (Å²) in [5.41, 5.74) is 4.77. The smallest absolute Gasteiger partial charge is 0.252 e. The molecule has 1 aromatic heterocycles. The number of likely N-dealkylation sites (N-methyl/N-ethyl adjacent to an activating group) is 1. The van der Waals surface area contributed by atoms with Gasteiger partial charge in [0.25, 0.3) is 5.91 Å². The summed E-state index contributed by atoms with van der Waals surface area (Å²) in [5.74, 6) is -0.543. The molecule has 0 saturated carbocycles. The molecule has 1 aliphatic rings. The van der Waals surface area contributed by atoms with Crippen LogP contribution in [-0.4, -0.2) is 53.8 Å². The maximum Gasteiger partial charge on any atom is 0.252 e. The molecule has 1 fully saturated rings. The van der Waals surface area contributed by atoms with Crippen molar-refractivity contribution in [3.05, 3.63) is 71.3 Å². The average molecular weight is 436 g/mol. The van der Waals surface area contributed by atoms with Gasteiger partial charge in [-0.25, -0.2) is 4.39 Å². The minimum atomic E-state index is -0.482. The third kappa shape index (κ3) is 4.39. The second kappa shape index (κ2) is 8.74. The van der Waals surface area contributed by atoms with Gasteiger partial charge in [0.05, 0.1) is 12.2 Å². The highest BCUT2D eigenvalue weighted by Gasteiger charge is 2.29. The van der Waals surface area contributed by atoms with Crippen molar-refractivity contribution in [3.63, 3.8) is 0 Å². The highest BCUT2D eigenvalue weighted by atomic mass is 19.1. The summed E-state index contributed by atoms with van der Waals surface area (Å²) in [4.78, 5) is 17.6. The van der Waals surface area contributed by atoms with E-state index in [0.29, 0.717) is 17.2 Å². The van der Waals surface area contributed by atoms with E-state index in [9.17, 15) is 9.18 Å². The molecule has 1 saturated heterocycles. The quantitative estimate of drug-likeness (QED) is 0.640. The molecule has 1 amide bonds. The van der Waals surface area contributed by atoms with Crippen LogP contribution in [0.15, 0.2) is 48.8 Å². The maximum absolute atomic E-state index is 14.6. The number of aryl methyl sites for hydroxylation is 2. The SMILES string of the molecule is Cc1ccc(N2CC(N(C)C)C2)cc1C(=O)N[C@H](C)c1cc(-c2cnn(C)c2)ccc1F. The van der Waals surface area contributed by atoms with Crippen LogP contribution in [-0.2, 0) is 7.05 Å². The predicted octanol–water partition coefficient (Wildman–Crippen LogP) is 3.78. The van der Waals surface area contributed by atoms with Crippen molar-refractivity contribution in [3.8, 4) is 11.1 Å². The predicted molar refractivity (Wildman–Crippen MR) is 125 cm³/mol. The van der Waals surface area contributed by atoms with Crippen molar-refractivity contribution in [1.29, 1.82) is 0 Å². The molecule has 0 unspecified atom stereocenters. The van der Waals surface area contributed by atoms with Crippen molar-refractivity contribution in [2.24, 2.45) is 7.05 Å². The molecule has 2 aromatic carbocycles. The number of nitrogens with zero attached hydrogens (tertiary/aromatic N) is 4. The lowest BCUT2D eigenvalue weighted by Crippen LogP contribution is -2.57. The van der Waals surface area contributed by atoms with Gasteiger partial charge in [-0.15, -0.1) is 0 Å². The second-order valence-electron chi connectivity index (χ2n) is 8.86. The number of amides is 1. The third-order valence-electron chi connectivity index (χ3n) is 6.27. The van der Waals surface area contributed by atoms with Crippen LogP contribution < -0.4 is 10.2 Å². The molecule has 1 atom stereocenters. The van der Waals surface area contributed by atoms with E-state index in [4.69, 9.17) is 0 Å². The fraction of sp³-hybridized carbons (Fsp3) is 0.360. The molecule has 0 radical (unpaired) electrons. The zero-order valence-electron chi connectivity index (χ0n) is 19.3. The van der Waals surface area contributed by atoms with Crippen LogP contribution in [0.4, 0.5) is 10.1 Å². The van der Waals surface area contributed by atoms with E-state index in [2.05, 4.69) is 40.4 Å². The molecule has 6 nitrogen and oxygen atoms in total. The highest BCUT2D eigenvalue weighted by Crippen LogP contribution is 2.28. The lowest BCUT2D eigenvalue weighted by atomic mass is 10.00. The van der Waals surface area contributed by atoms with Crippen molar-refractivity contribution in [2.75, 3.05) is 32.1 Å². The lowest BCUT2D eigenvalue weighted by molar-refractivity contribution is 0.0938. The number of carbonyl (C=O) groups is 1. The first-order valence-corrected chi connectivity index (χ1v) is 10.8. The minimum absolute atomic E-state index is 0.201. The Bertz CT molecular complexity index is 1130. The van der Waals surface area contributed by atoms with E-state index in [1.807, 2.05) is 32.3 Å². The average Bonchev–Trinajstić information content (AvgIpc) is 3.14. The number of benzene rings is 2. The summed E-state index contributed by atoms with van der Waals surface area (Å²) < 4.78 is 16.3. The van der Waals surface area contributed by atoms with E-state index < -0.39 is 6.04 Å². The molecular formula is C25H30FN5O. The van der Waals surface area contributed by atoms with Gasteiger partial charge in [-0.05, 0) is 63.3 Å². The van der Waals surface area contributed by atoms with Gasteiger partial charge in [0.2, 0.25) is 0 Å². The molecule has 0 bridgehead atoms. The first-order valence-electron chi connectivity index (χ1n) is 10.8. The van der Waals surface area contributed by atoms with Crippen molar-refractivity contribution < 1.29 is 9.18 Å². The molecule has 1 aliphatic heterocycles. The van der Waals surface area contributed by atoms with Gasteiger partial charge in [0.15, 0.2) is 0 Å². The number of nitrogens with one attached hydrogen (secondary N) is 1. The summed E-state index contributed by atoms with van der Waals surface area (Å²) >= 11 is 0. The highest BCUT2D eigenvalue weighted by molar-refractivity contribution is 5.97. The van der Waals surface area contributed by atoms with Crippen LogP contribution >= 0.6 is 0 Å². The Morgan fingerprint density at radius 2 is 1.94 bits per heavy atom. The zero-order chi connectivity index (χ0) is 23.0. The minimum Gasteiger partial charge on any atom is -0.368 e. The number of rotatable bonds is 6. The standard InChI is InChI=1S/C25H30FN5O/c1-16-6-8-20(31-14-21(15-31)29(3)4)11-22(16)25(32)28-17(2)23-10-18(7-9-24(23)26)19-12-27-30(5)13-19/h6-13,17,21H,14-15H2,1-5H3,(H,28,32)/t17-/m1/s1. The van der Waals surface area contributed by atoms with Crippen LogP contribution in [0, 0.1) is 12.7 Å². The van der Waals surface area contributed by atoms with Crippen molar-refractivity contribution in [2.45, 2.75) is 25.9 Å². The topological polar surface area (TPSA) is 53.4 Å². The van der Waals surface area contributed by atoms with Crippen LogP contribution in [0.2, 0.25) is 0 Å². The maximum atomic E-state index is 14.6. The first-order chi connectivity index (χ1) is 15.2. The van der Waals surface area contributed by atoms with E-state index >= 15 is 0 Å². The number of anilines is 1. The monoisotopic (exact) mass is 435 g/mol. The fourth-order valence-electron chi connectivity index (χ4n) is 4.02. The molecule has 168 valence electrons. The van der Waals surface area contributed by atoms with E-state index in [1.165, 1.54) is 6.07 Å². The summed E-state index contributed by atoms with van der Waals surface area (Å²) in [6.45, 7) is 5.62. The Kier molecular flexibility index (Phi) is 6.02. The number of carbonyl (C=O) groups excluding carboxylic acids is 1.